The molecule has 2 atom stereocenters. The molecule has 0 aliphatic heterocycles. The molecule has 0 aliphatic carbocycles. The Labute approximate surface area is 84.6 Å². The summed E-state index contributed by atoms with van der Waals surface area (Å²) in [5, 5.41) is 2.53. The Hall–Kier alpha value is -1.10. The first kappa shape index (κ1) is 12.9. The third-order valence-electron chi connectivity index (χ3n) is 2.11. The zero-order valence-electron chi connectivity index (χ0n) is 9.20. The van der Waals surface area contributed by atoms with E-state index in [1.807, 2.05) is 0 Å². The number of nitrogens with zero attached hydrogens (tertiary/aromatic N) is 1. The van der Waals surface area contributed by atoms with Crippen molar-refractivity contribution in [1.29, 1.82) is 0 Å². The maximum absolute atomic E-state index is 11.3. The Morgan fingerprint density at radius 1 is 1.36 bits per heavy atom. The van der Waals surface area contributed by atoms with Gasteiger partial charge in [0.1, 0.15) is 0 Å². The summed E-state index contributed by atoms with van der Waals surface area (Å²) in [6, 6.07) is -0.204. The molecule has 5 heteroatoms. The molecule has 0 aromatic carbocycles. The quantitative estimate of drug-likeness (QED) is 0.623. The lowest BCUT2D eigenvalue weighted by Gasteiger charge is -2.16. The largest absolute Gasteiger partial charge is 0.347 e. The van der Waals surface area contributed by atoms with Gasteiger partial charge in [0.15, 0.2) is 0 Å². The predicted molar refractivity (Wildman–Crippen MR) is 54.5 cm³/mol. The van der Waals surface area contributed by atoms with Crippen molar-refractivity contribution in [2.75, 3.05) is 20.6 Å². The Kier molecular flexibility index (Phi) is 5.15. The topological polar surface area (TPSA) is 75.4 Å². The number of nitrogens with two attached hydrogens (primary N) is 1. The molecule has 0 rings (SSSR count). The normalized spacial score (nSPS) is 14.4. The van der Waals surface area contributed by atoms with E-state index in [9.17, 15) is 9.59 Å². The smallest absolute Gasteiger partial charge is 0.241 e. The summed E-state index contributed by atoms with van der Waals surface area (Å²) in [6.07, 6.45) is 0. The van der Waals surface area contributed by atoms with Gasteiger partial charge in [0.2, 0.25) is 11.8 Å². The Morgan fingerprint density at radius 3 is 2.21 bits per heavy atom. The van der Waals surface area contributed by atoms with Crippen LogP contribution in [-0.2, 0) is 9.59 Å². The molecule has 0 fully saturated rings. The van der Waals surface area contributed by atoms with Gasteiger partial charge in [0.05, 0.1) is 6.54 Å². The predicted octanol–water partition coefficient (Wildman–Crippen LogP) is -0.826. The minimum absolute atomic E-state index is 0.0306. The van der Waals surface area contributed by atoms with Crippen LogP contribution in [-0.4, -0.2) is 43.4 Å². The number of likely N-dealkylation sites (N-methyl/N-ethyl adjacent to an activating group) is 1. The summed E-state index contributed by atoms with van der Waals surface area (Å²) in [4.78, 5) is 23.9. The van der Waals surface area contributed by atoms with Gasteiger partial charge in [0.25, 0.3) is 0 Å². The minimum atomic E-state index is -0.273. The van der Waals surface area contributed by atoms with Gasteiger partial charge in [-0.05, 0) is 6.92 Å². The number of carbonyl (C=O) groups is 2. The summed E-state index contributed by atoms with van der Waals surface area (Å²) >= 11 is 0. The highest BCUT2D eigenvalue weighted by Gasteiger charge is 2.17. The minimum Gasteiger partial charge on any atom is -0.347 e. The number of hydrogen-bond acceptors (Lipinski definition) is 3. The van der Waals surface area contributed by atoms with E-state index in [0.717, 1.165) is 0 Å². The molecule has 0 radical (unpaired) electrons. The average Bonchev–Trinajstić information content (AvgIpc) is 2.11. The molecule has 3 N–H and O–H groups in total. The lowest BCUT2D eigenvalue weighted by molar-refractivity contribution is -0.132. The van der Waals surface area contributed by atoms with Crippen LogP contribution >= 0.6 is 0 Å². The number of nitrogens with one attached hydrogen (secondary N) is 1. The SMILES string of the molecule is CC(N)C(C)C(=O)NCC(=O)N(C)C. The van der Waals surface area contributed by atoms with E-state index in [4.69, 9.17) is 5.73 Å². The molecular formula is C9H19N3O2. The molecule has 14 heavy (non-hydrogen) atoms. The Balaban J connectivity index is 3.91. The van der Waals surface area contributed by atoms with Crippen LogP contribution in [0.5, 0.6) is 0 Å². The van der Waals surface area contributed by atoms with Gasteiger partial charge in [-0.2, -0.15) is 0 Å². The highest BCUT2D eigenvalue weighted by atomic mass is 16.2. The number of rotatable bonds is 4. The lowest BCUT2D eigenvalue weighted by Crippen LogP contribution is -2.42. The highest BCUT2D eigenvalue weighted by Crippen LogP contribution is 1.98. The first-order valence-electron chi connectivity index (χ1n) is 4.59. The molecule has 2 unspecified atom stereocenters. The molecule has 0 aliphatic rings. The van der Waals surface area contributed by atoms with E-state index in [2.05, 4.69) is 5.32 Å². The molecule has 0 bridgehead atoms. The standard InChI is InChI=1S/C9H19N3O2/c1-6(7(2)10)9(14)11-5-8(13)12(3)4/h6-7H,5,10H2,1-4H3,(H,11,14). The molecule has 5 nitrogen and oxygen atoms in total. The molecule has 0 aromatic heterocycles. The van der Waals surface area contributed by atoms with Crippen molar-refractivity contribution in [3.8, 4) is 0 Å². The van der Waals surface area contributed by atoms with Crippen molar-refractivity contribution >= 4 is 11.8 Å². The summed E-state index contributed by atoms with van der Waals surface area (Å²) in [6.45, 7) is 3.53. The molecule has 0 spiro atoms. The second kappa shape index (κ2) is 5.59. The van der Waals surface area contributed by atoms with Crippen LogP contribution in [0, 0.1) is 5.92 Å². The van der Waals surface area contributed by atoms with Crippen molar-refractivity contribution in [1.82, 2.24) is 10.2 Å². The van der Waals surface area contributed by atoms with E-state index in [1.165, 1.54) is 4.90 Å². The van der Waals surface area contributed by atoms with Crippen LogP contribution in [0.1, 0.15) is 13.8 Å². The van der Waals surface area contributed by atoms with Crippen molar-refractivity contribution in [2.24, 2.45) is 11.7 Å². The molecule has 82 valence electrons. The Morgan fingerprint density at radius 2 is 1.86 bits per heavy atom. The van der Waals surface area contributed by atoms with E-state index in [0.29, 0.717) is 0 Å². The molecule has 0 heterocycles. The first-order valence-corrected chi connectivity index (χ1v) is 4.59. The molecule has 2 amide bonds. The molecule has 0 saturated heterocycles. The van der Waals surface area contributed by atoms with Crippen LogP contribution in [0.3, 0.4) is 0 Å². The fraction of sp³-hybridized carbons (Fsp3) is 0.778. The van der Waals surface area contributed by atoms with Crippen LogP contribution in [0.25, 0.3) is 0 Å². The monoisotopic (exact) mass is 201 g/mol. The Bertz CT molecular complexity index is 214. The zero-order valence-corrected chi connectivity index (χ0v) is 9.20. The first-order chi connectivity index (χ1) is 6.36. The fourth-order valence-electron chi connectivity index (χ4n) is 0.721. The van der Waals surface area contributed by atoms with Gasteiger partial charge < -0.3 is 16.0 Å². The van der Waals surface area contributed by atoms with Gasteiger partial charge in [-0.15, -0.1) is 0 Å². The highest BCUT2D eigenvalue weighted by molar-refractivity contribution is 5.85. The van der Waals surface area contributed by atoms with Crippen LogP contribution in [0.15, 0.2) is 0 Å². The van der Waals surface area contributed by atoms with Crippen LogP contribution in [0.4, 0.5) is 0 Å². The van der Waals surface area contributed by atoms with Gasteiger partial charge >= 0.3 is 0 Å². The molecular weight excluding hydrogens is 182 g/mol. The summed E-state index contributed by atoms with van der Waals surface area (Å²) in [5.41, 5.74) is 5.55. The van der Waals surface area contributed by atoms with Crippen molar-refractivity contribution in [3.05, 3.63) is 0 Å². The van der Waals surface area contributed by atoms with E-state index >= 15 is 0 Å². The van der Waals surface area contributed by atoms with Crippen LogP contribution in [0.2, 0.25) is 0 Å². The molecule has 0 saturated carbocycles. The third-order valence-corrected chi connectivity index (χ3v) is 2.11. The van der Waals surface area contributed by atoms with Crippen molar-refractivity contribution in [2.45, 2.75) is 19.9 Å². The number of carbonyl (C=O) groups excluding carboxylic acids is 2. The second-order valence-corrected chi connectivity index (χ2v) is 3.65. The maximum Gasteiger partial charge on any atom is 0.241 e. The lowest BCUT2D eigenvalue weighted by atomic mass is 10.0. The van der Waals surface area contributed by atoms with Gasteiger partial charge in [-0.1, -0.05) is 6.92 Å². The van der Waals surface area contributed by atoms with E-state index in [-0.39, 0.29) is 30.3 Å². The summed E-state index contributed by atoms with van der Waals surface area (Å²) in [5.74, 6) is -0.588. The van der Waals surface area contributed by atoms with Crippen molar-refractivity contribution < 1.29 is 9.59 Å². The van der Waals surface area contributed by atoms with Crippen molar-refractivity contribution in [3.63, 3.8) is 0 Å². The number of hydrogen-bond donors (Lipinski definition) is 2. The van der Waals surface area contributed by atoms with Gasteiger partial charge in [-0.25, -0.2) is 0 Å². The van der Waals surface area contributed by atoms with Gasteiger partial charge in [0, 0.05) is 26.1 Å². The number of amides is 2. The van der Waals surface area contributed by atoms with E-state index < -0.39 is 0 Å². The van der Waals surface area contributed by atoms with Crippen LogP contribution < -0.4 is 11.1 Å². The summed E-state index contributed by atoms with van der Waals surface area (Å²) in [7, 11) is 3.28. The fourth-order valence-corrected chi connectivity index (χ4v) is 0.721. The van der Waals surface area contributed by atoms with Gasteiger partial charge in [-0.3, -0.25) is 9.59 Å². The average molecular weight is 201 g/mol. The third kappa shape index (κ3) is 4.23. The maximum atomic E-state index is 11.3. The van der Waals surface area contributed by atoms with E-state index in [1.54, 1.807) is 27.9 Å². The zero-order chi connectivity index (χ0) is 11.3. The molecule has 0 aromatic rings. The summed E-state index contributed by atoms with van der Waals surface area (Å²) < 4.78 is 0. The second-order valence-electron chi connectivity index (χ2n) is 3.65.